The van der Waals surface area contributed by atoms with Crippen molar-refractivity contribution >= 4 is 32.7 Å². The molecule has 0 aliphatic heterocycles. The van der Waals surface area contributed by atoms with Crippen LogP contribution >= 0.6 is 15.9 Å². The molecule has 0 bridgehead atoms. The van der Waals surface area contributed by atoms with Gasteiger partial charge in [0.25, 0.3) is 0 Å². The lowest BCUT2D eigenvalue weighted by molar-refractivity contribution is 0.679. The maximum atomic E-state index is 4.71. The van der Waals surface area contributed by atoms with Crippen molar-refractivity contribution < 1.29 is 0 Å². The average Bonchev–Trinajstić information content (AvgIpc) is 2.98. The summed E-state index contributed by atoms with van der Waals surface area (Å²) in [4.78, 5) is 6.84. The first-order valence-corrected chi connectivity index (χ1v) is 7.12. The summed E-state index contributed by atoms with van der Waals surface area (Å²) in [6.07, 6.45) is 3.44. The molecule has 0 aliphatic carbocycles. The summed E-state index contributed by atoms with van der Waals surface area (Å²) in [5.74, 6) is 0.956. The summed E-state index contributed by atoms with van der Waals surface area (Å²) in [7, 11) is 2.04. The number of anilines is 1. The Hall–Kier alpha value is -1.95. The van der Waals surface area contributed by atoms with Crippen LogP contribution in [0, 0.1) is 0 Å². The van der Waals surface area contributed by atoms with Crippen LogP contribution in [0.4, 0.5) is 5.82 Å². The molecule has 20 heavy (non-hydrogen) atoms. The largest absolute Gasteiger partial charge is 0.358 e. The lowest BCUT2D eigenvalue weighted by atomic mass is 10.2. The molecule has 0 saturated carbocycles. The minimum absolute atomic E-state index is 0.833. The van der Waals surface area contributed by atoms with Crippen molar-refractivity contribution in [3.63, 3.8) is 0 Å². The van der Waals surface area contributed by atoms with Crippen LogP contribution in [0.15, 0.2) is 47.5 Å². The first kappa shape index (κ1) is 13.1. The van der Waals surface area contributed by atoms with E-state index in [1.54, 1.807) is 12.7 Å². The van der Waals surface area contributed by atoms with Gasteiger partial charge in [-0.25, -0.2) is 4.98 Å². The molecule has 6 heteroatoms. The average molecular weight is 332 g/mol. The molecular formula is C14H14BrN5. The van der Waals surface area contributed by atoms with Gasteiger partial charge in [0.1, 0.15) is 18.5 Å². The molecule has 0 aliphatic rings. The van der Waals surface area contributed by atoms with Crippen molar-refractivity contribution in [1.82, 2.24) is 19.7 Å². The van der Waals surface area contributed by atoms with Crippen molar-refractivity contribution in [3.8, 4) is 0 Å². The van der Waals surface area contributed by atoms with E-state index in [-0.39, 0.29) is 0 Å². The number of rotatable bonds is 4. The van der Waals surface area contributed by atoms with Gasteiger partial charge in [0, 0.05) is 30.0 Å². The lowest BCUT2D eigenvalue weighted by Gasteiger charge is -2.18. The van der Waals surface area contributed by atoms with Crippen molar-refractivity contribution in [2.75, 3.05) is 18.5 Å². The van der Waals surface area contributed by atoms with Crippen LogP contribution in [0.2, 0.25) is 0 Å². The molecule has 0 atom stereocenters. The van der Waals surface area contributed by atoms with E-state index >= 15 is 0 Å². The number of para-hydroxylation sites is 1. The number of benzene rings is 1. The van der Waals surface area contributed by atoms with Crippen LogP contribution < -0.4 is 4.90 Å². The highest BCUT2D eigenvalue weighted by Gasteiger charge is 2.06. The number of halogens is 1. The van der Waals surface area contributed by atoms with Gasteiger partial charge in [0.2, 0.25) is 0 Å². The number of hydrogen-bond acceptors (Lipinski definition) is 4. The van der Waals surface area contributed by atoms with Gasteiger partial charge in [-0.05, 0) is 34.1 Å². The minimum atomic E-state index is 0.833. The van der Waals surface area contributed by atoms with E-state index in [2.05, 4.69) is 43.2 Å². The van der Waals surface area contributed by atoms with E-state index in [9.17, 15) is 0 Å². The second-order valence-electron chi connectivity index (χ2n) is 4.60. The highest BCUT2D eigenvalue weighted by Crippen LogP contribution is 2.24. The number of nitrogens with zero attached hydrogens (tertiary/aromatic N) is 5. The molecule has 1 aromatic carbocycles. The van der Waals surface area contributed by atoms with Gasteiger partial charge in [-0.3, -0.25) is 0 Å². The van der Waals surface area contributed by atoms with Crippen molar-refractivity contribution in [3.05, 3.63) is 47.5 Å². The topological polar surface area (TPSA) is 46.8 Å². The predicted octanol–water partition coefficient (Wildman–Crippen LogP) is 2.73. The van der Waals surface area contributed by atoms with Gasteiger partial charge < -0.3 is 9.47 Å². The Bertz CT molecular complexity index is 711. The van der Waals surface area contributed by atoms with Crippen LogP contribution in [0.1, 0.15) is 0 Å². The van der Waals surface area contributed by atoms with Crippen LogP contribution in [-0.2, 0) is 6.54 Å². The quantitative estimate of drug-likeness (QED) is 0.737. The van der Waals surface area contributed by atoms with Gasteiger partial charge >= 0.3 is 0 Å². The lowest BCUT2D eigenvalue weighted by Crippen LogP contribution is -2.23. The SMILES string of the molecule is CN(CCn1cnnc1)c1ccc2cccc(Br)c2n1. The fourth-order valence-corrected chi connectivity index (χ4v) is 2.50. The van der Waals surface area contributed by atoms with Crippen molar-refractivity contribution in [2.24, 2.45) is 0 Å². The maximum absolute atomic E-state index is 4.71. The fourth-order valence-electron chi connectivity index (χ4n) is 2.03. The molecule has 3 rings (SSSR count). The summed E-state index contributed by atoms with van der Waals surface area (Å²) in [5.41, 5.74) is 0.987. The van der Waals surface area contributed by atoms with Gasteiger partial charge in [0.15, 0.2) is 0 Å². The van der Waals surface area contributed by atoms with Gasteiger partial charge in [-0.15, -0.1) is 10.2 Å². The molecule has 0 saturated heterocycles. The predicted molar refractivity (Wildman–Crippen MR) is 82.7 cm³/mol. The maximum Gasteiger partial charge on any atom is 0.129 e. The summed E-state index contributed by atoms with van der Waals surface area (Å²) < 4.78 is 2.97. The van der Waals surface area contributed by atoms with Crippen LogP contribution in [0.5, 0.6) is 0 Å². The second-order valence-corrected chi connectivity index (χ2v) is 5.46. The molecule has 0 unspecified atom stereocenters. The number of fused-ring (bicyclic) bond motifs is 1. The third-order valence-corrected chi connectivity index (χ3v) is 3.85. The number of hydrogen-bond donors (Lipinski definition) is 0. The zero-order valence-electron chi connectivity index (χ0n) is 11.1. The minimum Gasteiger partial charge on any atom is -0.358 e. The number of aromatic nitrogens is 4. The molecule has 3 aromatic rings. The monoisotopic (exact) mass is 331 g/mol. The standard InChI is InChI=1S/C14H14BrN5/c1-19(7-8-20-9-16-17-10-20)13-6-5-11-3-2-4-12(15)14(11)18-13/h2-6,9-10H,7-8H2,1H3. The first-order chi connectivity index (χ1) is 9.74. The number of pyridine rings is 1. The van der Waals surface area contributed by atoms with Gasteiger partial charge in [-0.1, -0.05) is 12.1 Å². The molecule has 0 radical (unpaired) electrons. The number of likely N-dealkylation sites (N-methyl/N-ethyl adjacent to an activating group) is 1. The Morgan fingerprint density at radius 1 is 1.15 bits per heavy atom. The molecule has 102 valence electrons. The molecule has 0 N–H and O–H groups in total. The van der Waals surface area contributed by atoms with Gasteiger partial charge in [-0.2, -0.15) is 0 Å². The zero-order chi connectivity index (χ0) is 13.9. The third-order valence-electron chi connectivity index (χ3n) is 3.21. The fraction of sp³-hybridized carbons (Fsp3) is 0.214. The smallest absolute Gasteiger partial charge is 0.129 e. The van der Waals surface area contributed by atoms with E-state index in [4.69, 9.17) is 4.98 Å². The highest BCUT2D eigenvalue weighted by molar-refractivity contribution is 9.10. The summed E-state index contributed by atoms with van der Waals surface area (Å²) in [6.45, 7) is 1.68. The van der Waals surface area contributed by atoms with Crippen LogP contribution in [0.25, 0.3) is 10.9 Å². The zero-order valence-corrected chi connectivity index (χ0v) is 12.7. The van der Waals surface area contributed by atoms with E-state index in [1.165, 1.54) is 0 Å². The Morgan fingerprint density at radius 3 is 2.75 bits per heavy atom. The summed E-state index contributed by atoms with van der Waals surface area (Å²) in [6, 6.07) is 10.2. The van der Waals surface area contributed by atoms with E-state index in [0.717, 1.165) is 34.3 Å². The Balaban J connectivity index is 1.80. The third kappa shape index (κ3) is 2.65. The molecule has 0 fully saturated rings. The Kier molecular flexibility index (Phi) is 3.64. The van der Waals surface area contributed by atoms with Gasteiger partial charge in [0.05, 0.1) is 5.52 Å². The highest BCUT2D eigenvalue weighted by atomic mass is 79.9. The van der Waals surface area contributed by atoms with E-state index in [1.807, 2.05) is 29.8 Å². The van der Waals surface area contributed by atoms with Crippen molar-refractivity contribution in [1.29, 1.82) is 0 Å². The molecule has 2 aromatic heterocycles. The molecule has 0 spiro atoms. The Labute approximate surface area is 125 Å². The van der Waals surface area contributed by atoms with E-state index in [0.29, 0.717) is 0 Å². The van der Waals surface area contributed by atoms with E-state index < -0.39 is 0 Å². The molecular weight excluding hydrogens is 318 g/mol. The molecule has 2 heterocycles. The van der Waals surface area contributed by atoms with Crippen LogP contribution in [0.3, 0.4) is 0 Å². The Morgan fingerprint density at radius 2 is 1.95 bits per heavy atom. The first-order valence-electron chi connectivity index (χ1n) is 6.33. The summed E-state index contributed by atoms with van der Waals surface area (Å²) >= 11 is 3.55. The normalized spacial score (nSPS) is 10.9. The van der Waals surface area contributed by atoms with Crippen molar-refractivity contribution in [2.45, 2.75) is 6.54 Å². The van der Waals surface area contributed by atoms with Crippen LogP contribution in [-0.4, -0.2) is 33.3 Å². The molecule has 0 amide bonds. The second kappa shape index (κ2) is 5.58. The molecule has 5 nitrogen and oxygen atoms in total. The summed E-state index contributed by atoms with van der Waals surface area (Å²) in [5, 5.41) is 8.73.